The molecular weight excluding hydrogens is 2270 g/mol. The number of aromatic amines is 4. The van der Waals surface area contributed by atoms with Gasteiger partial charge in [0.15, 0.2) is 0 Å². The maximum atomic E-state index is 14.0. The monoisotopic (exact) mass is 2370 g/mol. The number of nitrogens with one attached hydrogen (secondary N) is 8. The van der Waals surface area contributed by atoms with Gasteiger partial charge in [-0.15, -0.1) is 0 Å². The van der Waals surface area contributed by atoms with Crippen LogP contribution in [-0.2, 0) is 52.3 Å². The van der Waals surface area contributed by atoms with E-state index >= 15 is 0 Å². The number of ether oxygens (including phenoxy) is 1. The first kappa shape index (κ1) is 115. The molecule has 0 saturated carbocycles. The van der Waals surface area contributed by atoms with E-state index in [0.717, 1.165) is 33.2 Å². The van der Waals surface area contributed by atoms with Crippen LogP contribution in [0.3, 0.4) is 0 Å². The molecule has 142 heavy (non-hydrogen) atoms. The van der Waals surface area contributed by atoms with Crippen LogP contribution >= 0.6 is 69.6 Å². The Bertz CT molecular complexity index is 6120. The molecule has 12 aromatic rings. The Morgan fingerprint density at radius 3 is 1.27 bits per heavy atom. The minimum absolute atomic E-state index is 0. The number of esters is 1. The molecule has 0 spiro atoms. The van der Waals surface area contributed by atoms with Crippen molar-refractivity contribution < 1.29 is 131 Å². The number of nitrogens with two attached hydrogens (primary N) is 1. The second-order valence-electron chi connectivity index (χ2n) is 34.4. The molecule has 28 nitrogen and oxygen atoms in total. The zero-order valence-electron chi connectivity index (χ0n) is 75.8. The van der Waals surface area contributed by atoms with E-state index in [0.29, 0.717) is 118 Å². The minimum Gasteiger partial charge on any atom is -1.00 e. The molecular formula is C92H106Cl6F12I2N22O6S2. The second kappa shape index (κ2) is 51.3. The van der Waals surface area contributed by atoms with Gasteiger partial charge in [-0.05, 0) is 144 Å². The highest BCUT2D eigenvalue weighted by atomic mass is 127. The van der Waals surface area contributed by atoms with Crippen molar-refractivity contribution in [3.05, 3.63) is 195 Å². The average Bonchev–Trinajstić information content (AvgIpc) is 1.68. The number of aromatic nitrogens is 12. The van der Waals surface area contributed by atoms with E-state index in [4.69, 9.17) is 85.2 Å². The summed E-state index contributed by atoms with van der Waals surface area (Å²) in [4.78, 5) is 104. The summed E-state index contributed by atoms with van der Waals surface area (Å²) in [5, 5.41) is 26.6. The van der Waals surface area contributed by atoms with Crippen LogP contribution in [0.25, 0.3) is 44.1 Å². The topological polar surface area (TPSA) is 354 Å². The van der Waals surface area contributed by atoms with Gasteiger partial charge in [0.25, 0.3) is 0 Å². The van der Waals surface area contributed by atoms with Crippen molar-refractivity contribution in [3.8, 4) is 0 Å². The number of rotatable bonds is 24. The molecule has 772 valence electrons. The predicted molar refractivity (Wildman–Crippen MR) is 531 cm³/mol. The lowest BCUT2D eigenvalue weighted by molar-refractivity contribution is -0.196. The lowest BCUT2D eigenvalue weighted by atomic mass is 9.82. The van der Waals surface area contributed by atoms with Gasteiger partial charge < -0.3 is 129 Å². The number of carbonyl (C=O) groups excluding carboxylic acids is 3. The van der Waals surface area contributed by atoms with Gasteiger partial charge in [0, 0.05) is 151 Å². The molecule has 0 bridgehead atoms. The Balaban J connectivity index is 0.000000202. The number of hydrogen-bond donors (Lipinski definition) is 10. The van der Waals surface area contributed by atoms with E-state index in [1.54, 1.807) is 124 Å². The Kier molecular flexibility index (Phi) is 41.4. The number of alkyl halides is 12. The zero-order valence-corrected chi connectivity index (χ0v) is 86.2. The van der Waals surface area contributed by atoms with Gasteiger partial charge in [-0.1, -0.05) is 107 Å². The predicted octanol–water partition coefficient (Wildman–Crippen LogP) is 13.4. The van der Waals surface area contributed by atoms with Crippen LogP contribution in [0.15, 0.2) is 159 Å². The molecule has 0 aliphatic carbocycles. The number of amides is 2. The first-order chi connectivity index (χ1) is 66.0. The van der Waals surface area contributed by atoms with Crippen LogP contribution in [0.4, 0.5) is 93.0 Å². The van der Waals surface area contributed by atoms with Crippen LogP contribution in [0, 0.1) is 29.6 Å². The summed E-state index contributed by atoms with van der Waals surface area (Å²) in [5.41, 5.74) is 10.7. The van der Waals surface area contributed by atoms with E-state index in [1.165, 1.54) is 30.2 Å². The highest BCUT2D eigenvalue weighted by Gasteiger charge is 2.54. The summed E-state index contributed by atoms with van der Waals surface area (Å²) in [6.07, 6.45) is 3.89. The van der Waals surface area contributed by atoms with Crippen LogP contribution in [-0.4, -0.2) is 250 Å². The van der Waals surface area contributed by atoms with E-state index in [2.05, 4.69) is 93.6 Å². The third kappa shape index (κ3) is 31.0. The Morgan fingerprint density at radius 1 is 0.486 bits per heavy atom. The van der Waals surface area contributed by atoms with Crippen LogP contribution in [0.2, 0.25) is 30.1 Å². The van der Waals surface area contributed by atoms with Crippen LogP contribution in [0.1, 0.15) is 65.8 Å². The number of fused-ring (bicyclic) bond motifs is 4. The normalized spacial score (nSPS) is 19.9. The smallest absolute Gasteiger partial charge is 0.393 e. The van der Waals surface area contributed by atoms with Crippen molar-refractivity contribution in [1.29, 1.82) is 0 Å². The number of aliphatic carboxylic acids is 1. The zero-order chi connectivity index (χ0) is 100.0. The highest BCUT2D eigenvalue weighted by molar-refractivity contribution is 7.95. The molecule has 8 aromatic heterocycles. The third-order valence-electron chi connectivity index (χ3n) is 24.3. The number of carbonyl (C=O) groups is 4. The quantitative estimate of drug-likeness (QED) is 0.0116. The molecule has 50 heteroatoms. The molecule has 0 unspecified atom stereocenters. The summed E-state index contributed by atoms with van der Waals surface area (Å²) >= 11 is 36.0. The number of carboxylic acid groups (broad SMARTS) is 1. The minimum atomic E-state index is -4.46. The number of piperidine rings is 4. The Hall–Kier alpha value is -9.14. The van der Waals surface area contributed by atoms with Crippen LogP contribution in [0.5, 0.6) is 0 Å². The standard InChI is InChI=1S/C24H27Cl2F3N6OS.C22H21Cl2F3N6O.C21H21F3N4O2.C12H15Cl2NO2S.C12H14F3N5.CH4.2HI.H2/c1-37(2)8-5-19(33-16-10-14(25)9-15(26)11-16)23(36)34-20-12-35(7-4-18(20)24(27,28)29)22-17-3-6-30-21(17)31-13-32-22;23-12-7-13(24)9-14(8-12)31-17-3-6-33(21(17)34)18-10-32(5-2-16(18)22(25,26)27)20-15-1-4-28-19(15)29-11-30-20;22-21(23,24)17-7-9-28(20-16-6-8-25-19(16)26-13-27-20)11-15(17)10-18(29)30-12-14-4-2-1-3-5-14;1-18(2)4-3-11(12(16)17)15-10-6-8(13)5-9(14)7-10;13-12(14,15)8-2-4-20(5-9(8)16)11-7-1-3-17-10(7)18-6-19-11;;;;/h3,6,9-11,13,18-20,33H,4-5,7-8,12H2,1-2H3,(H-,30,31,32,34,36);1,4,7-9,11,16-18,31H,2-3,5-6,10H2,(H,28,29,30);1-6,8,13,15,17H,7,9-12H2,(H,25,26,27);5-7,11,15H,3-4H2,1-2H3;1,3,6,8-9H,2,4-5,16H2,(H,17,18,19);1H4;3*1H/t18-,19+,20-;16-,17+,18-;15-,17-;11-;8-,9-;;;;/m00010..../s1. The Morgan fingerprint density at radius 2 is 0.859 bits per heavy atom. The number of likely N-dealkylation sites (tertiary alicyclic amines) is 1. The number of carboxylic acids is 1. The molecule has 5 aliphatic rings. The summed E-state index contributed by atoms with van der Waals surface area (Å²) in [6.45, 7) is 1.31. The fraction of sp³-hybridized carbons (Fsp3) is 0.435. The summed E-state index contributed by atoms with van der Waals surface area (Å²) < 4.78 is 169. The van der Waals surface area contributed by atoms with Gasteiger partial charge in [-0.3, -0.25) is 14.4 Å². The summed E-state index contributed by atoms with van der Waals surface area (Å²) in [5.74, 6) is -5.66. The molecule has 11 atom stereocenters. The molecule has 13 heterocycles. The number of benzene rings is 4. The SMILES string of the molecule is C.C[S+](C)CC[C@@H](Nc1cc(Cl)cc(Cl)c1)C(=O)N[C@H]1CN(c2ncnc3[nH]ccc23)CC[C@@H]1C(F)(F)F.C[S+](C)CC[C@@H](Nc1cc(Cl)cc(Cl)c1)C(=O)O.N[C@H]1CN(c2ncnc3[nH]ccc23)CC[C@@H]1C(F)(F)F.O=C(C[C@H]1CN(c2ncnc3[nH]ccc23)CC[C@@H]1C(F)(F)F)OCc1ccccc1.O=C1[C@H](Nc2cc(Cl)cc(Cl)c2)CCN1[C@H]1CN(c2ncnc3[nH]ccc23)CC[C@@H]1C(F)(F)F.[HH].[I-].[I-]. The number of H-pyrrole nitrogens is 4. The van der Waals surface area contributed by atoms with Crippen molar-refractivity contribution in [2.45, 2.75) is 126 Å². The largest absolute Gasteiger partial charge is 1.00 e. The van der Waals surface area contributed by atoms with Gasteiger partial charge in [0.1, 0.15) is 107 Å². The molecule has 4 aromatic carbocycles. The van der Waals surface area contributed by atoms with Gasteiger partial charge >= 0.3 is 36.6 Å². The maximum Gasteiger partial charge on any atom is 0.393 e. The molecule has 5 saturated heterocycles. The summed E-state index contributed by atoms with van der Waals surface area (Å²) in [7, 11) is 0.260. The first-order valence-electron chi connectivity index (χ1n) is 43.9. The van der Waals surface area contributed by atoms with Crippen molar-refractivity contribution in [2.24, 2.45) is 35.3 Å². The average molecular weight is 2370 g/mol. The number of nitrogens with zero attached hydrogens (tertiary/aromatic N) is 13. The lowest BCUT2D eigenvalue weighted by Gasteiger charge is -2.44. The molecule has 5 fully saturated rings. The fourth-order valence-corrected chi connectivity index (χ4v) is 20.6. The highest BCUT2D eigenvalue weighted by Crippen LogP contribution is 2.45. The lowest BCUT2D eigenvalue weighted by Crippen LogP contribution is -3.00. The molecule has 5 aliphatic heterocycles. The van der Waals surface area contributed by atoms with Crippen molar-refractivity contribution in [3.63, 3.8) is 0 Å². The van der Waals surface area contributed by atoms with Crippen molar-refractivity contribution in [1.82, 2.24) is 70.0 Å². The third-order valence-corrected chi connectivity index (χ3v) is 27.7. The van der Waals surface area contributed by atoms with Crippen molar-refractivity contribution >= 4 is 200 Å². The van der Waals surface area contributed by atoms with Crippen LogP contribution < -0.4 is 94.6 Å². The summed E-state index contributed by atoms with van der Waals surface area (Å²) in [6, 6.07) is 25.7. The van der Waals surface area contributed by atoms with E-state index < -0.39 is 108 Å². The number of anilines is 7. The maximum absolute atomic E-state index is 14.0. The number of halogens is 20. The Labute approximate surface area is 881 Å². The first-order valence-corrected chi connectivity index (χ1v) is 50.6. The molecule has 0 radical (unpaired) electrons. The van der Waals surface area contributed by atoms with Gasteiger partial charge in [-0.2, -0.15) is 52.7 Å². The fourth-order valence-electron chi connectivity index (χ4n) is 17.6. The molecule has 2 amide bonds. The van der Waals surface area contributed by atoms with E-state index in [1.807, 2.05) is 41.7 Å². The van der Waals surface area contributed by atoms with Gasteiger partial charge in [-0.25, -0.2) is 44.7 Å². The number of hydrogen-bond acceptors (Lipinski definition) is 21. The second-order valence-corrected chi connectivity index (χ2v) is 41.8. The van der Waals surface area contributed by atoms with E-state index in [9.17, 15) is 71.9 Å². The van der Waals surface area contributed by atoms with Gasteiger partial charge in [0.05, 0.1) is 88.7 Å². The van der Waals surface area contributed by atoms with Gasteiger partial charge in [0.2, 0.25) is 11.8 Å². The molecule has 17 rings (SSSR count). The van der Waals surface area contributed by atoms with Crippen molar-refractivity contribution in [2.75, 3.05) is 131 Å². The molecule has 11 N–H and O–H groups in total. The van der Waals surface area contributed by atoms with E-state index in [-0.39, 0.29) is 182 Å².